The number of halogens is 1. The average molecular weight is 264 g/mol. The molecule has 7 heteroatoms. The lowest BCUT2D eigenvalue weighted by Crippen LogP contribution is -2.33. The summed E-state index contributed by atoms with van der Waals surface area (Å²) in [5.74, 6) is 0. The predicted molar refractivity (Wildman–Crippen MR) is 60.8 cm³/mol. The van der Waals surface area contributed by atoms with Crippen molar-refractivity contribution in [3.05, 3.63) is 11.5 Å². The highest BCUT2D eigenvalue weighted by molar-refractivity contribution is 7.89. The minimum absolute atomic E-state index is 0.0306. The van der Waals surface area contributed by atoms with Gasteiger partial charge in [-0.1, -0.05) is 24.4 Å². The summed E-state index contributed by atoms with van der Waals surface area (Å²) in [6.45, 7) is 0. The van der Waals surface area contributed by atoms with Crippen molar-refractivity contribution in [2.75, 3.05) is 0 Å². The zero-order chi connectivity index (χ0) is 11.8. The van der Waals surface area contributed by atoms with Crippen LogP contribution in [-0.4, -0.2) is 24.0 Å². The van der Waals surface area contributed by atoms with Gasteiger partial charge in [-0.05, 0) is 12.8 Å². The molecule has 0 spiro atoms. The molecule has 0 radical (unpaired) electrons. The number of hydrogen-bond acceptors (Lipinski definition) is 3. The number of hydrogen-bond donors (Lipinski definition) is 1. The zero-order valence-corrected chi connectivity index (χ0v) is 10.6. The first-order valence-electron chi connectivity index (χ1n) is 5.20. The molecule has 1 heterocycles. The highest BCUT2D eigenvalue weighted by atomic mass is 35.5. The lowest BCUT2D eigenvalue weighted by Gasteiger charge is -2.10. The third-order valence-electron chi connectivity index (χ3n) is 2.77. The van der Waals surface area contributed by atoms with Crippen molar-refractivity contribution in [3.8, 4) is 0 Å². The van der Waals surface area contributed by atoms with Crippen molar-refractivity contribution in [3.63, 3.8) is 0 Å². The Morgan fingerprint density at radius 3 is 2.62 bits per heavy atom. The molecule has 0 unspecified atom stereocenters. The molecule has 1 saturated carbocycles. The Bertz CT molecular complexity index is 477. The van der Waals surface area contributed by atoms with Crippen LogP contribution < -0.4 is 4.72 Å². The SMILES string of the molecule is Cn1cnc(S(=O)(=O)NC2CCCC2)c1Cl. The average Bonchev–Trinajstić information content (AvgIpc) is 2.78. The number of rotatable bonds is 3. The summed E-state index contributed by atoms with van der Waals surface area (Å²) in [5.41, 5.74) is 0. The Balaban J connectivity index is 2.21. The summed E-state index contributed by atoms with van der Waals surface area (Å²) in [5, 5.41) is 0.0639. The Morgan fingerprint density at radius 1 is 1.50 bits per heavy atom. The van der Waals surface area contributed by atoms with Gasteiger partial charge in [0.25, 0.3) is 10.0 Å². The van der Waals surface area contributed by atoms with E-state index in [0.717, 1.165) is 25.7 Å². The van der Waals surface area contributed by atoms with Crippen molar-refractivity contribution in [2.24, 2.45) is 7.05 Å². The van der Waals surface area contributed by atoms with E-state index in [1.807, 2.05) is 0 Å². The molecule has 0 saturated heterocycles. The summed E-state index contributed by atoms with van der Waals surface area (Å²) in [6.07, 6.45) is 5.32. The van der Waals surface area contributed by atoms with E-state index in [1.165, 1.54) is 10.9 Å². The molecule has 0 bridgehead atoms. The van der Waals surface area contributed by atoms with Crippen LogP contribution in [0.1, 0.15) is 25.7 Å². The molecule has 1 aromatic heterocycles. The van der Waals surface area contributed by atoms with E-state index >= 15 is 0 Å². The fourth-order valence-corrected chi connectivity index (χ4v) is 3.63. The first kappa shape index (κ1) is 11.9. The monoisotopic (exact) mass is 263 g/mol. The molecule has 90 valence electrons. The Hall–Kier alpha value is -0.590. The van der Waals surface area contributed by atoms with Crippen LogP contribution in [0.2, 0.25) is 5.15 Å². The molecule has 0 aliphatic heterocycles. The van der Waals surface area contributed by atoms with Crippen LogP contribution in [-0.2, 0) is 17.1 Å². The van der Waals surface area contributed by atoms with E-state index in [0.29, 0.717) is 0 Å². The second kappa shape index (κ2) is 4.35. The summed E-state index contributed by atoms with van der Waals surface area (Å²) in [4.78, 5) is 3.81. The lowest BCUT2D eigenvalue weighted by atomic mass is 10.3. The molecule has 0 atom stereocenters. The van der Waals surface area contributed by atoms with Gasteiger partial charge < -0.3 is 4.57 Å². The minimum Gasteiger partial charge on any atom is -0.324 e. The zero-order valence-electron chi connectivity index (χ0n) is 8.98. The maximum atomic E-state index is 12.0. The third kappa shape index (κ3) is 2.23. The van der Waals surface area contributed by atoms with Crippen LogP contribution in [0.3, 0.4) is 0 Å². The highest BCUT2D eigenvalue weighted by Gasteiger charge is 2.27. The molecular weight excluding hydrogens is 250 g/mol. The van der Waals surface area contributed by atoms with Gasteiger partial charge in [-0.15, -0.1) is 0 Å². The first-order valence-corrected chi connectivity index (χ1v) is 7.06. The van der Waals surface area contributed by atoms with Crippen LogP contribution in [0.15, 0.2) is 11.4 Å². The van der Waals surface area contributed by atoms with Crippen LogP contribution in [0, 0.1) is 0 Å². The topological polar surface area (TPSA) is 64.0 Å². The van der Waals surface area contributed by atoms with E-state index in [9.17, 15) is 8.42 Å². The van der Waals surface area contributed by atoms with Gasteiger partial charge in [0.2, 0.25) is 5.03 Å². The summed E-state index contributed by atoms with van der Waals surface area (Å²) >= 11 is 5.86. The molecule has 0 aromatic carbocycles. The smallest absolute Gasteiger partial charge is 0.261 e. The molecular formula is C9H14ClN3O2S. The number of sulfonamides is 1. The minimum atomic E-state index is -3.57. The quantitative estimate of drug-likeness (QED) is 0.894. The first-order chi connectivity index (χ1) is 7.50. The molecule has 1 aliphatic rings. The van der Waals surface area contributed by atoms with Crippen molar-refractivity contribution >= 4 is 21.6 Å². The predicted octanol–water partition coefficient (Wildman–Crippen LogP) is 1.29. The van der Waals surface area contributed by atoms with Crippen LogP contribution in [0.4, 0.5) is 0 Å². The highest BCUT2D eigenvalue weighted by Crippen LogP contribution is 2.22. The number of nitrogens with zero attached hydrogens (tertiary/aromatic N) is 2. The second-order valence-corrected chi connectivity index (χ2v) is 6.04. The normalized spacial score (nSPS) is 18.1. The summed E-state index contributed by atoms with van der Waals surface area (Å²) in [6, 6.07) is 0.0306. The summed E-state index contributed by atoms with van der Waals surface area (Å²) in [7, 11) is -1.91. The fourth-order valence-electron chi connectivity index (χ4n) is 1.89. The number of aryl methyl sites for hydroxylation is 1. The maximum Gasteiger partial charge on any atom is 0.261 e. The molecule has 5 nitrogen and oxygen atoms in total. The molecule has 1 aromatic rings. The number of imidazole rings is 1. The van der Waals surface area contributed by atoms with Crippen molar-refractivity contribution in [1.82, 2.24) is 14.3 Å². The lowest BCUT2D eigenvalue weighted by molar-refractivity contribution is 0.549. The van der Waals surface area contributed by atoms with E-state index in [1.54, 1.807) is 7.05 Å². The largest absolute Gasteiger partial charge is 0.324 e. The molecule has 2 rings (SSSR count). The van der Waals surface area contributed by atoms with Crippen molar-refractivity contribution in [1.29, 1.82) is 0 Å². The summed E-state index contributed by atoms with van der Waals surface area (Å²) < 4.78 is 28.0. The van der Waals surface area contributed by atoms with E-state index in [4.69, 9.17) is 11.6 Å². The van der Waals surface area contributed by atoms with Gasteiger partial charge >= 0.3 is 0 Å². The van der Waals surface area contributed by atoms with E-state index < -0.39 is 10.0 Å². The molecule has 1 aliphatic carbocycles. The van der Waals surface area contributed by atoms with Crippen LogP contribution in [0.5, 0.6) is 0 Å². The van der Waals surface area contributed by atoms with Gasteiger partial charge in [0, 0.05) is 13.1 Å². The molecule has 0 amide bonds. The van der Waals surface area contributed by atoms with Gasteiger partial charge in [-0.3, -0.25) is 0 Å². The maximum absolute atomic E-state index is 12.0. The third-order valence-corrected chi connectivity index (χ3v) is 4.78. The van der Waals surface area contributed by atoms with E-state index in [2.05, 4.69) is 9.71 Å². The molecule has 16 heavy (non-hydrogen) atoms. The Labute approximate surface area is 99.9 Å². The Morgan fingerprint density at radius 2 is 2.12 bits per heavy atom. The van der Waals surface area contributed by atoms with Gasteiger partial charge in [0.15, 0.2) is 0 Å². The Kier molecular flexibility index (Phi) is 3.23. The van der Waals surface area contributed by atoms with Gasteiger partial charge in [-0.25, -0.2) is 18.1 Å². The van der Waals surface area contributed by atoms with Crippen molar-refractivity contribution in [2.45, 2.75) is 36.8 Å². The number of nitrogens with one attached hydrogen (secondary N) is 1. The molecule has 1 N–H and O–H groups in total. The van der Waals surface area contributed by atoms with Gasteiger partial charge in [0.05, 0.1) is 6.33 Å². The van der Waals surface area contributed by atoms with Gasteiger partial charge in [-0.2, -0.15) is 0 Å². The van der Waals surface area contributed by atoms with Crippen molar-refractivity contribution < 1.29 is 8.42 Å². The van der Waals surface area contributed by atoms with E-state index in [-0.39, 0.29) is 16.2 Å². The second-order valence-electron chi connectivity index (χ2n) is 4.05. The standard InChI is InChI=1S/C9H14ClN3O2S/c1-13-6-11-9(8(13)10)16(14,15)12-7-4-2-3-5-7/h6-7,12H,2-5H2,1H3. The molecule has 1 fully saturated rings. The van der Waals surface area contributed by atoms with Gasteiger partial charge in [0.1, 0.15) is 5.15 Å². The van der Waals surface area contributed by atoms with Crippen LogP contribution >= 0.6 is 11.6 Å². The van der Waals surface area contributed by atoms with Crippen LogP contribution in [0.25, 0.3) is 0 Å². The number of aromatic nitrogens is 2. The fraction of sp³-hybridized carbons (Fsp3) is 0.667.